The van der Waals surface area contributed by atoms with E-state index < -0.39 is 12.0 Å². The molecule has 1 atom stereocenters. The Kier molecular flexibility index (Phi) is 9.03. The summed E-state index contributed by atoms with van der Waals surface area (Å²) in [5.74, 6) is 0.625. The highest BCUT2D eigenvalue weighted by atomic mass is 35.5. The summed E-state index contributed by atoms with van der Waals surface area (Å²) in [6, 6.07) is 20.1. The fraction of sp³-hybridized carbons (Fsp3) is 0.242. The van der Waals surface area contributed by atoms with E-state index in [0.29, 0.717) is 43.7 Å². The average molecular weight is 618 g/mol. The van der Waals surface area contributed by atoms with Crippen LogP contribution in [0, 0.1) is 0 Å². The number of carbonyl (C=O) groups excluding carboxylic acids is 1. The van der Waals surface area contributed by atoms with Gasteiger partial charge in [0.2, 0.25) is 0 Å². The standard InChI is InChI=1S/C33H32ClN3O5S/c1-6-41-32(39)29-20(2)35-33-37(30(29)23-10-14-25(15-11-23)36(3)4)31(38)28(43-33)18-22-9-16-26(27(17-22)40-5)42-19-21-7-12-24(34)13-8-21/h7-18,30H,6,19H2,1-5H3. The van der Waals surface area contributed by atoms with Crippen LogP contribution in [0.1, 0.15) is 36.6 Å². The van der Waals surface area contributed by atoms with Crippen molar-refractivity contribution in [2.75, 3.05) is 32.7 Å². The molecule has 5 rings (SSSR count). The van der Waals surface area contributed by atoms with Crippen molar-refractivity contribution in [3.63, 3.8) is 0 Å². The molecule has 1 unspecified atom stereocenters. The largest absolute Gasteiger partial charge is 0.493 e. The Bertz CT molecular complexity index is 1860. The highest BCUT2D eigenvalue weighted by Gasteiger charge is 2.33. The summed E-state index contributed by atoms with van der Waals surface area (Å²) in [5, 5.41) is 0.664. The molecular weight excluding hydrogens is 586 g/mol. The average Bonchev–Trinajstić information content (AvgIpc) is 3.30. The quantitative estimate of drug-likeness (QED) is 0.243. The fourth-order valence-electron chi connectivity index (χ4n) is 4.85. The summed E-state index contributed by atoms with van der Waals surface area (Å²) >= 11 is 7.25. The van der Waals surface area contributed by atoms with Gasteiger partial charge in [0.15, 0.2) is 16.3 Å². The number of thiazole rings is 1. The minimum absolute atomic E-state index is 0.216. The highest BCUT2D eigenvalue weighted by molar-refractivity contribution is 7.07. The molecule has 1 aliphatic heterocycles. The Hall–Kier alpha value is -4.34. The number of hydrogen-bond donors (Lipinski definition) is 0. The molecule has 1 aliphatic rings. The van der Waals surface area contributed by atoms with Gasteiger partial charge in [-0.1, -0.05) is 53.3 Å². The third-order valence-electron chi connectivity index (χ3n) is 7.04. The Labute approximate surface area is 258 Å². The summed E-state index contributed by atoms with van der Waals surface area (Å²) in [7, 11) is 5.49. The van der Waals surface area contributed by atoms with E-state index in [-0.39, 0.29) is 12.2 Å². The van der Waals surface area contributed by atoms with E-state index in [0.717, 1.165) is 22.4 Å². The van der Waals surface area contributed by atoms with E-state index in [1.165, 1.54) is 11.3 Å². The zero-order valence-electron chi connectivity index (χ0n) is 24.6. The van der Waals surface area contributed by atoms with Gasteiger partial charge in [-0.05, 0) is 73.0 Å². The van der Waals surface area contributed by atoms with E-state index in [1.54, 1.807) is 31.6 Å². The monoisotopic (exact) mass is 617 g/mol. The first-order valence-electron chi connectivity index (χ1n) is 13.7. The number of benzene rings is 3. The lowest BCUT2D eigenvalue weighted by atomic mass is 9.95. The minimum atomic E-state index is -0.674. The number of fused-ring (bicyclic) bond motifs is 1. The number of hydrogen-bond acceptors (Lipinski definition) is 8. The number of methoxy groups -OCH3 is 1. The number of rotatable bonds is 9. The normalized spacial score (nSPS) is 14.7. The molecular formula is C33H32ClN3O5S. The van der Waals surface area contributed by atoms with Crippen LogP contribution in [0.2, 0.25) is 5.02 Å². The molecule has 0 bridgehead atoms. The van der Waals surface area contributed by atoms with Gasteiger partial charge in [0, 0.05) is 24.8 Å². The van der Waals surface area contributed by atoms with Crippen molar-refractivity contribution in [3.05, 3.63) is 119 Å². The Morgan fingerprint density at radius 3 is 2.44 bits per heavy atom. The molecule has 0 N–H and O–H groups in total. The first kappa shape index (κ1) is 30.1. The van der Waals surface area contributed by atoms with Crippen molar-refractivity contribution in [1.82, 2.24) is 4.57 Å². The number of carbonyl (C=O) groups is 1. The molecule has 4 aromatic rings. The van der Waals surface area contributed by atoms with E-state index in [4.69, 9.17) is 25.8 Å². The number of nitrogens with zero attached hydrogens (tertiary/aromatic N) is 3. The van der Waals surface area contributed by atoms with Crippen LogP contribution in [-0.4, -0.2) is 38.3 Å². The number of anilines is 1. The van der Waals surface area contributed by atoms with Crippen LogP contribution in [0.15, 0.2) is 87.8 Å². The third-order valence-corrected chi connectivity index (χ3v) is 8.27. The molecule has 2 heterocycles. The molecule has 1 aromatic heterocycles. The van der Waals surface area contributed by atoms with E-state index in [2.05, 4.69) is 4.99 Å². The molecule has 0 saturated carbocycles. The Morgan fingerprint density at radius 2 is 1.79 bits per heavy atom. The first-order chi connectivity index (χ1) is 20.7. The number of aromatic nitrogens is 1. The molecule has 10 heteroatoms. The zero-order valence-corrected chi connectivity index (χ0v) is 26.2. The summed E-state index contributed by atoms with van der Waals surface area (Å²) < 4.78 is 19.0. The molecule has 0 amide bonds. The zero-order chi connectivity index (χ0) is 30.7. The molecule has 43 heavy (non-hydrogen) atoms. The van der Waals surface area contributed by atoms with Gasteiger partial charge < -0.3 is 19.1 Å². The maximum atomic E-state index is 13.9. The smallest absolute Gasteiger partial charge is 0.338 e. The lowest BCUT2D eigenvalue weighted by Crippen LogP contribution is -2.39. The second-order valence-corrected chi connectivity index (χ2v) is 11.6. The molecule has 0 aliphatic carbocycles. The van der Waals surface area contributed by atoms with E-state index >= 15 is 0 Å². The van der Waals surface area contributed by atoms with Crippen LogP contribution >= 0.6 is 22.9 Å². The Morgan fingerprint density at radius 1 is 1.07 bits per heavy atom. The van der Waals surface area contributed by atoms with Crippen LogP contribution in [0.25, 0.3) is 6.08 Å². The van der Waals surface area contributed by atoms with Crippen LogP contribution in [0.3, 0.4) is 0 Å². The van der Waals surface area contributed by atoms with Crippen molar-refractivity contribution in [2.24, 2.45) is 4.99 Å². The molecule has 222 valence electrons. The lowest BCUT2D eigenvalue weighted by molar-refractivity contribution is -0.139. The van der Waals surface area contributed by atoms with Crippen LogP contribution in [-0.2, 0) is 16.1 Å². The van der Waals surface area contributed by atoms with Crippen molar-refractivity contribution < 1.29 is 19.0 Å². The van der Waals surface area contributed by atoms with Gasteiger partial charge in [-0.3, -0.25) is 9.36 Å². The van der Waals surface area contributed by atoms with Gasteiger partial charge in [-0.15, -0.1) is 0 Å². The van der Waals surface area contributed by atoms with E-state index in [1.807, 2.05) is 85.7 Å². The molecule has 0 spiro atoms. The maximum Gasteiger partial charge on any atom is 0.338 e. The first-order valence-corrected chi connectivity index (χ1v) is 14.9. The molecule has 8 nitrogen and oxygen atoms in total. The summed E-state index contributed by atoms with van der Waals surface area (Å²) in [4.78, 5) is 34.3. The van der Waals surface area contributed by atoms with Crippen LogP contribution < -0.4 is 29.3 Å². The third kappa shape index (κ3) is 6.38. The fourth-order valence-corrected chi connectivity index (χ4v) is 6.02. The van der Waals surface area contributed by atoms with Crippen molar-refractivity contribution in [3.8, 4) is 11.5 Å². The van der Waals surface area contributed by atoms with Crippen LogP contribution in [0.4, 0.5) is 5.69 Å². The summed E-state index contributed by atoms with van der Waals surface area (Å²) in [6.45, 7) is 4.10. The van der Waals surface area contributed by atoms with Gasteiger partial charge >= 0.3 is 5.97 Å². The topological polar surface area (TPSA) is 82.4 Å². The minimum Gasteiger partial charge on any atom is -0.493 e. The molecule has 0 radical (unpaired) electrons. The summed E-state index contributed by atoms with van der Waals surface area (Å²) in [6.07, 6.45) is 1.80. The second-order valence-electron chi connectivity index (χ2n) is 10.1. The van der Waals surface area contributed by atoms with Gasteiger partial charge in [-0.2, -0.15) is 0 Å². The van der Waals surface area contributed by atoms with Crippen LogP contribution in [0.5, 0.6) is 11.5 Å². The Balaban J connectivity index is 1.54. The second kappa shape index (κ2) is 12.9. The molecule has 3 aromatic carbocycles. The predicted molar refractivity (Wildman–Crippen MR) is 170 cm³/mol. The maximum absolute atomic E-state index is 13.9. The van der Waals surface area contributed by atoms with Crippen molar-refractivity contribution >= 4 is 40.7 Å². The molecule has 0 fully saturated rings. The van der Waals surface area contributed by atoms with Gasteiger partial charge in [0.1, 0.15) is 6.61 Å². The van der Waals surface area contributed by atoms with Gasteiger partial charge in [-0.25, -0.2) is 9.79 Å². The van der Waals surface area contributed by atoms with E-state index in [9.17, 15) is 9.59 Å². The lowest BCUT2D eigenvalue weighted by Gasteiger charge is -2.25. The number of allylic oxidation sites excluding steroid dienone is 1. The number of halogens is 1. The van der Waals surface area contributed by atoms with Crippen molar-refractivity contribution in [2.45, 2.75) is 26.5 Å². The SMILES string of the molecule is CCOC(=O)C1=C(C)N=c2sc(=Cc3ccc(OCc4ccc(Cl)cc4)c(OC)c3)c(=O)n2C1c1ccc(N(C)C)cc1. The number of ether oxygens (including phenoxy) is 3. The van der Waals surface area contributed by atoms with Gasteiger partial charge in [0.05, 0.1) is 35.6 Å². The highest BCUT2D eigenvalue weighted by Crippen LogP contribution is 2.32. The van der Waals surface area contributed by atoms with Gasteiger partial charge in [0.25, 0.3) is 5.56 Å². The summed E-state index contributed by atoms with van der Waals surface area (Å²) in [5.41, 5.74) is 4.15. The van der Waals surface area contributed by atoms with Crippen molar-refractivity contribution in [1.29, 1.82) is 0 Å². The predicted octanol–water partition coefficient (Wildman–Crippen LogP) is 5.11. The molecule has 0 saturated heterocycles. The number of esters is 1.